The number of halogens is 3. The van der Waals surface area contributed by atoms with Crippen molar-refractivity contribution >= 4 is 23.8 Å². The first-order valence-electron chi connectivity index (χ1n) is 7.52. The summed E-state index contributed by atoms with van der Waals surface area (Å²) in [5.74, 6) is -5.12. The number of ether oxygens (including phenoxy) is 4. The molecule has 0 aromatic carbocycles. The van der Waals surface area contributed by atoms with E-state index in [0.29, 0.717) is 0 Å². The summed E-state index contributed by atoms with van der Waals surface area (Å²) >= 11 is 0. The van der Waals surface area contributed by atoms with Crippen LogP contribution in [0.4, 0.5) is 13.2 Å². The molecule has 0 aliphatic carbocycles. The number of hydrogen-bond acceptors (Lipinski definition) is 9. The van der Waals surface area contributed by atoms with Crippen LogP contribution in [0.15, 0.2) is 0 Å². The van der Waals surface area contributed by atoms with Crippen molar-refractivity contribution in [2.75, 3.05) is 6.61 Å². The van der Waals surface area contributed by atoms with E-state index in [9.17, 15) is 37.5 Å². The Morgan fingerprint density at radius 1 is 1.00 bits per heavy atom. The third-order valence-electron chi connectivity index (χ3n) is 3.28. The first kappa shape index (κ1) is 22.6. The van der Waals surface area contributed by atoms with E-state index in [4.69, 9.17) is 18.9 Å². The molecule has 3 unspecified atom stereocenters. The maximum absolute atomic E-state index is 12.5. The summed E-state index contributed by atoms with van der Waals surface area (Å²) in [6.45, 7) is 2.36. The van der Waals surface area contributed by atoms with Gasteiger partial charge in [-0.3, -0.25) is 19.2 Å². The topological polar surface area (TPSA) is 137 Å². The van der Waals surface area contributed by atoms with Crippen LogP contribution in [0.3, 0.4) is 0 Å². The molecule has 0 aromatic heterocycles. The average molecular weight is 401 g/mol. The summed E-state index contributed by atoms with van der Waals surface area (Å²) in [7, 11) is 0. The summed E-state index contributed by atoms with van der Waals surface area (Å²) in [5.41, 5.74) is 0. The van der Waals surface area contributed by atoms with E-state index in [-0.39, 0.29) is 0 Å². The van der Waals surface area contributed by atoms with Crippen molar-refractivity contribution in [2.24, 2.45) is 0 Å². The van der Waals surface area contributed by atoms with Gasteiger partial charge >= 0.3 is 30.0 Å². The first-order valence-corrected chi connectivity index (χ1v) is 7.52. The first-order chi connectivity index (χ1) is 12.3. The van der Waals surface area contributed by atoms with Crippen molar-refractivity contribution in [3.8, 4) is 0 Å². The SMILES string of the molecule is CC(=O)OCC1O[C@@H](O)C(NC(=O)C(F)(F)F)C(OC(C)=O)[C@H]1OC(C)=O. The number of aliphatic hydroxyl groups is 1. The zero-order valence-electron chi connectivity index (χ0n) is 14.4. The Hall–Kier alpha value is -2.41. The molecule has 154 valence electrons. The fraction of sp³-hybridized carbons (Fsp3) is 0.714. The van der Waals surface area contributed by atoms with Gasteiger partial charge in [-0.1, -0.05) is 0 Å². The Kier molecular flexibility index (Phi) is 7.54. The molecule has 1 heterocycles. The summed E-state index contributed by atoms with van der Waals surface area (Å²) in [6.07, 6.45) is -12.1. The molecule has 1 aliphatic heterocycles. The number of alkyl halides is 3. The van der Waals surface area contributed by atoms with Crippen molar-refractivity contribution in [1.82, 2.24) is 5.32 Å². The van der Waals surface area contributed by atoms with Crippen LogP contribution in [0.1, 0.15) is 20.8 Å². The van der Waals surface area contributed by atoms with Crippen LogP contribution in [0.2, 0.25) is 0 Å². The average Bonchev–Trinajstić information content (AvgIpc) is 2.49. The monoisotopic (exact) mass is 401 g/mol. The molecule has 0 aromatic rings. The van der Waals surface area contributed by atoms with Crippen LogP contribution in [0, 0.1) is 0 Å². The minimum Gasteiger partial charge on any atom is -0.463 e. The van der Waals surface area contributed by atoms with Gasteiger partial charge in [0.2, 0.25) is 0 Å². The van der Waals surface area contributed by atoms with Gasteiger partial charge in [-0.25, -0.2) is 0 Å². The molecule has 0 spiro atoms. The second kappa shape index (κ2) is 8.99. The summed E-state index contributed by atoms with van der Waals surface area (Å²) < 4.78 is 57.1. The lowest BCUT2D eigenvalue weighted by Crippen LogP contribution is -2.67. The Labute approximate surface area is 150 Å². The lowest BCUT2D eigenvalue weighted by Gasteiger charge is -2.43. The second-order valence-electron chi connectivity index (χ2n) is 5.51. The van der Waals surface area contributed by atoms with E-state index in [1.807, 2.05) is 0 Å². The van der Waals surface area contributed by atoms with Crippen LogP contribution in [-0.4, -0.2) is 72.3 Å². The van der Waals surface area contributed by atoms with Gasteiger partial charge in [0.15, 0.2) is 18.5 Å². The zero-order chi connectivity index (χ0) is 20.9. The number of hydrogen-bond donors (Lipinski definition) is 2. The molecule has 13 heteroatoms. The molecular formula is C14H18F3NO9. The largest absolute Gasteiger partial charge is 0.471 e. The lowest BCUT2D eigenvalue weighted by molar-refractivity contribution is -0.266. The smallest absolute Gasteiger partial charge is 0.463 e. The van der Waals surface area contributed by atoms with E-state index < -0.39 is 67.2 Å². The minimum absolute atomic E-state index is 0.567. The predicted octanol–water partition coefficient (Wildman–Crippen LogP) is -0.823. The van der Waals surface area contributed by atoms with E-state index in [1.165, 1.54) is 5.32 Å². The molecule has 1 fully saturated rings. The normalized spacial score (nSPS) is 28.0. The highest BCUT2D eigenvalue weighted by Gasteiger charge is 2.52. The Balaban J connectivity index is 3.18. The molecule has 10 nitrogen and oxygen atoms in total. The number of carbonyl (C=O) groups is 4. The van der Waals surface area contributed by atoms with E-state index >= 15 is 0 Å². The van der Waals surface area contributed by atoms with Gasteiger partial charge in [-0.15, -0.1) is 0 Å². The van der Waals surface area contributed by atoms with Gasteiger partial charge < -0.3 is 29.4 Å². The van der Waals surface area contributed by atoms with Gasteiger partial charge in [0.1, 0.15) is 18.8 Å². The number of aliphatic hydroxyl groups excluding tert-OH is 1. The molecule has 0 radical (unpaired) electrons. The van der Waals surface area contributed by atoms with Crippen molar-refractivity contribution in [1.29, 1.82) is 0 Å². The van der Waals surface area contributed by atoms with Gasteiger partial charge in [0.25, 0.3) is 0 Å². The zero-order valence-corrected chi connectivity index (χ0v) is 14.4. The summed E-state index contributed by atoms with van der Waals surface area (Å²) in [6, 6.07) is -1.92. The fourth-order valence-electron chi connectivity index (χ4n) is 2.31. The van der Waals surface area contributed by atoms with Crippen LogP contribution >= 0.6 is 0 Å². The van der Waals surface area contributed by atoms with Gasteiger partial charge in [-0.2, -0.15) is 13.2 Å². The molecule has 1 rings (SSSR count). The molecule has 0 bridgehead atoms. The fourth-order valence-corrected chi connectivity index (χ4v) is 2.31. The molecule has 0 saturated carbocycles. The Morgan fingerprint density at radius 3 is 1.96 bits per heavy atom. The summed E-state index contributed by atoms with van der Waals surface area (Å²) in [4.78, 5) is 44.9. The van der Waals surface area contributed by atoms with Crippen LogP contribution in [0.5, 0.6) is 0 Å². The standard InChI is InChI=1S/C14H18F3NO9/c1-5(19)24-4-8-10(25-6(2)20)11(26-7(3)21)9(12(22)27-8)18-13(23)14(15,16)17/h8-12,22H,4H2,1-3H3,(H,18,23)/t8?,9?,10-,11?,12+/m0/s1. The van der Waals surface area contributed by atoms with Crippen molar-refractivity contribution < 1.29 is 56.4 Å². The predicted molar refractivity (Wildman–Crippen MR) is 76.6 cm³/mol. The number of carbonyl (C=O) groups excluding carboxylic acids is 4. The molecule has 5 atom stereocenters. The lowest BCUT2D eigenvalue weighted by atomic mass is 9.96. The van der Waals surface area contributed by atoms with Gasteiger partial charge in [0, 0.05) is 20.8 Å². The van der Waals surface area contributed by atoms with E-state index in [1.54, 1.807) is 0 Å². The molecule has 27 heavy (non-hydrogen) atoms. The highest BCUT2D eigenvalue weighted by Crippen LogP contribution is 2.27. The quantitative estimate of drug-likeness (QED) is 0.447. The van der Waals surface area contributed by atoms with E-state index in [2.05, 4.69) is 0 Å². The Morgan fingerprint density at radius 2 is 1.52 bits per heavy atom. The summed E-state index contributed by atoms with van der Waals surface area (Å²) in [5, 5.41) is 11.4. The van der Waals surface area contributed by atoms with Crippen molar-refractivity contribution in [2.45, 2.75) is 57.6 Å². The maximum Gasteiger partial charge on any atom is 0.471 e. The van der Waals surface area contributed by atoms with Crippen molar-refractivity contribution in [3.05, 3.63) is 0 Å². The Bertz CT molecular complexity index is 595. The molecule has 2 N–H and O–H groups in total. The number of esters is 3. The van der Waals surface area contributed by atoms with Crippen LogP contribution in [-0.2, 0) is 38.1 Å². The number of nitrogens with one attached hydrogen (secondary N) is 1. The molecule has 1 aliphatic rings. The molecule has 1 saturated heterocycles. The maximum atomic E-state index is 12.5. The number of rotatable bonds is 5. The van der Waals surface area contributed by atoms with Crippen LogP contribution < -0.4 is 5.32 Å². The molecule has 1 amide bonds. The molecular weight excluding hydrogens is 383 g/mol. The minimum atomic E-state index is -5.30. The van der Waals surface area contributed by atoms with Crippen LogP contribution in [0.25, 0.3) is 0 Å². The second-order valence-corrected chi connectivity index (χ2v) is 5.51. The van der Waals surface area contributed by atoms with Gasteiger partial charge in [0.05, 0.1) is 0 Å². The third kappa shape index (κ3) is 6.67. The highest BCUT2D eigenvalue weighted by molar-refractivity contribution is 5.82. The third-order valence-corrected chi connectivity index (χ3v) is 3.28. The highest BCUT2D eigenvalue weighted by atomic mass is 19.4. The van der Waals surface area contributed by atoms with E-state index in [0.717, 1.165) is 20.8 Å². The van der Waals surface area contributed by atoms with Crippen molar-refractivity contribution in [3.63, 3.8) is 0 Å². The van der Waals surface area contributed by atoms with Gasteiger partial charge in [-0.05, 0) is 0 Å². The number of amides is 1.